The quantitative estimate of drug-likeness (QED) is 0.697. The number of nitrogens with zero attached hydrogens (tertiary/aromatic N) is 1. The Hall–Kier alpha value is -0.840. The SMILES string of the molecule is CC.CC.CSC1CC(=O)N(C(C)(C)CC(C)(C)C(C)=O)C1=O. The van der Waals surface area contributed by atoms with E-state index in [1.165, 1.54) is 16.7 Å². The van der Waals surface area contributed by atoms with Crippen molar-refractivity contribution in [2.24, 2.45) is 5.41 Å². The maximum Gasteiger partial charge on any atom is 0.243 e. The number of amides is 2. The Morgan fingerprint density at radius 1 is 1.13 bits per heavy atom. The summed E-state index contributed by atoms with van der Waals surface area (Å²) in [6, 6.07) is 0. The lowest BCUT2D eigenvalue weighted by Gasteiger charge is -2.39. The molecule has 0 N–H and O–H groups in total. The molecule has 0 saturated carbocycles. The molecule has 1 rings (SSSR count). The number of carbonyl (C=O) groups is 3. The van der Waals surface area contributed by atoms with Crippen LogP contribution in [0, 0.1) is 5.41 Å². The van der Waals surface area contributed by atoms with Gasteiger partial charge in [-0.15, -0.1) is 0 Å². The lowest BCUT2D eigenvalue weighted by atomic mass is 9.77. The van der Waals surface area contributed by atoms with E-state index in [0.29, 0.717) is 6.42 Å². The zero-order chi connectivity index (χ0) is 19.0. The Balaban J connectivity index is 0. The molecular formula is C18H35NO3S. The maximum absolute atomic E-state index is 12.2. The minimum Gasteiger partial charge on any atom is -0.299 e. The number of thioether (sulfide) groups is 1. The van der Waals surface area contributed by atoms with Gasteiger partial charge in [-0.05, 0) is 33.4 Å². The van der Waals surface area contributed by atoms with Crippen LogP contribution in [-0.2, 0) is 14.4 Å². The lowest BCUT2D eigenvalue weighted by Crippen LogP contribution is -2.51. The first-order valence-corrected chi connectivity index (χ1v) is 9.72. The van der Waals surface area contributed by atoms with Gasteiger partial charge in [0.25, 0.3) is 0 Å². The molecule has 5 heteroatoms. The lowest BCUT2D eigenvalue weighted by molar-refractivity contribution is -0.147. The maximum atomic E-state index is 12.2. The molecule has 0 aromatic rings. The zero-order valence-corrected chi connectivity index (χ0v) is 17.4. The minimum absolute atomic E-state index is 0.0705. The minimum atomic E-state index is -0.631. The van der Waals surface area contributed by atoms with E-state index >= 15 is 0 Å². The Morgan fingerprint density at radius 2 is 1.57 bits per heavy atom. The van der Waals surface area contributed by atoms with Crippen molar-refractivity contribution in [1.29, 1.82) is 0 Å². The summed E-state index contributed by atoms with van der Waals surface area (Å²) in [6.45, 7) is 17.0. The van der Waals surface area contributed by atoms with Gasteiger partial charge < -0.3 is 0 Å². The third kappa shape index (κ3) is 6.28. The molecule has 1 unspecified atom stereocenters. The van der Waals surface area contributed by atoms with Crippen molar-refractivity contribution in [3.05, 3.63) is 0 Å². The monoisotopic (exact) mass is 345 g/mol. The highest BCUT2D eigenvalue weighted by atomic mass is 32.2. The molecule has 1 fully saturated rings. The summed E-state index contributed by atoms with van der Waals surface area (Å²) in [5.74, 6) is -0.184. The number of Topliss-reactive ketones (excluding diaryl/α,β-unsaturated/α-hetero) is 1. The third-order valence-corrected chi connectivity index (χ3v) is 4.76. The van der Waals surface area contributed by atoms with Crippen molar-refractivity contribution in [3.63, 3.8) is 0 Å². The fraction of sp³-hybridized carbons (Fsp3) is 0.833. The molecule has 0 aromatic carbocycles. The molecule has 1 aliphatic heterocycles. The fourth-order valence-corrected chi connectivity index (χ4v) is 3.33. The van der Waals surface area contributed by atoms with E-state index in [1.54, 1.807) is 6.92 Å². The zero-order valence-electron chi connectivity index (χ0n) is 16.6. The predicted octanol–water partition coefficient (Wildman–Crippen LogP) is 4.31. The standard InChI is InChI=1S/C14H23NO3S.2C2H6/c1-9(16)13(2,3)8-14(4,5)15-11(17)7-10(19-6)12(15)18;2*1-2/h10H,7-8H2,1-6H3;2*1-2H3. The molecule has 0 aromatic heterocycles. The summed E-state index contributed by atoms with van der Waals surface area (Å²) in [5.41, 5.74) is -1.17. The van der Waals surface area contributed by atoms with Gasteiger partial charge in [0.2, 0.25) is 11.8 Å². The first-order valence-electron chi connectivity index (χ1n) is 8.43. The molecule has 0 aliphatic carbocycles. The first kappa shape index (κ1) is 24.4. The van der Waals surface area contributed by atoms with Crippen molar-refractivity contribution in [2.45, 2.75) is 85.9 Å². The van der Waals surface area contributed by atoms with Crippen LogP contribution < -0.4 is 0 Å². The number of carbonyl (C=O) groups excluding carboxylic acids is 3. The van der Waals surface area contributed by atoms with Gasteiger partial charge in [0.15, 0.2) is 0 Å². The molecule has 4 nitrogen and oxygen atoms in total. The van der Waals surface area contributed by atoms with Crippen LogP contribution in [0.15, 0.2) is 0 Å². The van der Waals surface area contributed by atoms with Crippen LogP contribution in [0.5, 0.6) is 0 Å². The van der Waals surface area contributed by atoms with E-state index in [9.17, 15) is 14.4 Å². The summed E-state index contributed by atoms with van der Waals surface area (Å²) < 4.78 is 0. The Bertz CT molecular complexity index is 416. The van der Waals surface area contributed by atoms with E-state index in [0.717, 1.165) is 0 Å². The molecule has 0 spiro atoms. The highest BCUT2D eigenvalue weighted by Crippen LogP contribution is 2.37. The summed E-state index contributed by atoms with van der Waals surface area (Å²) in [5, 5.41) is -0.271. The molecule has 23 heavy (non-hydrogen) atoms. The number of likely N-dealkylation sites (tertiary alicyclic amines) is 1. The van der Waals surface area contributed by atoms with Gasteiger partial charge in [-0.25, -0.2) is 0 Å². The molecule has 0 radical (unpaired) electrons. The first-order chi connectivity index (χ1) is 10.5. The van der Waals surface area contributed by atoms with Gasteiger partial charge in [-0.2, -0.15) is 11.8 Å². The van der Waals surface area contributed by atoms with E-state index in [2.05, 4.69) is 0 Å². The van der Waals surface area contributed by atoms with Gasteiger partial charge in [0, 0.05) is 17.4 Å². The highest BCUT2D eigenvalue weighted by molar-refractivity contribution is 8.00. The van der Waals surface area contributed by atoms with Gasteiger partial charge in [-0.3, -0.25) is 19.3 Å². The second-order valence-corrected chi connectivity index (χ2v) is 7.47. The van der Waals surface area contributed by atoms with Crippen LogP contribution in [0.3, 0.4) is 0 Å². The van der Waals surface area contributed by atoms with Gasteiger partial charge >= 0.3 is 0 Å². The fourth-order valence-electron chi connectivity index (χ4n) is 2.71. The average Bonchev–Trinajstić information content (AvgIpc) is 2.77. The second kappa shape index (κ2) is 10.1. The number of hydrogen-bond donors (Lipinski definition) is 0. The molecule has 1 aliphatic rings. The Morgan fingerprint density at radius 3 is 1.87 bits per heavy atom. The van der Waals surface area contributed by atoms with Crippen LogP contribution in [0.2, 0.25) is 0 Å². The van der Waals surface area contributed by atoms with E-state index in [-0.39, 0.29) is 29.3 Å². The summed E-state index contributed by atoms with van der Waals surface area (Å²) >= 11 is 1.41. The van der Waals surface area contributed by atoms with Crippen LogP contribution in [0.4, 0.5) is 0 Å². The smallest absolute Gasteiger partial charge is 0.243 e. The van der Waals surface area contributed by atoms with Crippen molar-refractivity contribution in [3.8, 4) is 0 Å². The molecular weight excluding hydrogens is 310 g/mol. The van der Waals surface area contributed by atoms with Gasteiger partial charge in [0.1, 0.15) is 5.78 Å². The van der Waals surface area contributed by atoms with Crippen molar-refractivity contribution >= 4 is 29.4 Å². The normalized spacial score (nSPS) is 18.0. The third-order valence-electron chi connectivity index (χ3n) is 3.82. The van der Waals surface area contributed by atoms with Gasteiger partial charge in [-0.1, -0.05) is 41.5 Å². The summed E-state index contributed by atoms with van der Waals surface area (Å²) in [7, 11) is 0. The van der Waals surface area contributed by atoms with Gasteiger partial charge in [0.05, 0.1) is 5.25 Å². The van der Waals surface area contributed by atoms with Crippen LogP contribution >= 0.6 is 11.8 Å². The molecule has 2 amide bonds. The number of imide groups is 1. The predicted molar refractivity (Wildman–Crippen MR) is 99.6 cm³/mol. The van der Waals surface area contributed by atoms with E-state index < -0.39 is 11.0 Å². The van der Waals surface area contributed by atoms with E-state index in [4.69, 9.17) is 0 Å². The molecule has 1 heterocycles. The van der Waals surface area contributed by atoms with Crippen LogP contribution in [-0.4, -0.2) is 39.5 Å². The molecule has 0 bridgehead atoms. The summed E-state index contributed by atoms with van der Waals surface area (Å²) in [6.07, 6.45) is 2.59. The number of rotatable bonds is 5. The molecule has 1 saturated heterocycles. The Kier molecular flexibility index (Phi) is 10.7. The topological polar surface area (TPSA) is 54.5 Å². The van der Waals surface area contributed by atoms with Crippen LogP contribution in [0.25, 0.3) is 0 Å². The number of ketones is 1. The Labute approximate surface area is 146 Å². The largest absolute Gasteiger partial charge is 0.299 e. The average molecular weight is 346 g/mol. The highest BCUT2D eigenvalue weighted by Gasteiger charge is 2.47. The molecule has 136 valence electrons. The van der Waals surface area contributed by atoms with Crippen molar-refractivity contribution in [2.75, 3.05) is 6.26 Å². The van der Waals surface area contributed by atoms with E-state index in [1.807, 2.05) is 61.6 Å². The summed E-state index contributed by atoms with van der Waals surface area (Å²) in [4.78, 5) is 37.3. The second-order valence-electron chi connectivity index (χ2n) is 6.43. The van der Waals surface area contributed by atoms with Crippen molar-refractivity contribution < 1.29 is 14.4 Å². The van der Waals surface area contributed by atoms with Crippen molar-refractivity contribution in [1.82, 2.24) is 4.90 Å². The van der Waals surface area contributed by atoms with Crippen LogP contribution in [0.1, 0.15) is 75.2 Å². The molecule has 1 atom stereocenters. The number of hydrogen-bond acceptors (Lipinski definition) is 4.